The van der Waals surface area contributed by atoms with Crippen molar-refractivity contribution in [3.63, 3.8) is 0 Å². The molecule has 0 bridgehead atoms. The average Bonchev–Trinajstić information content (AvgIpc) is 2.00. The van der Waals surface area contributed by atoms with Crippen molar-refractivity contribution >= 4 is 6.09 Å². The third kappa shape index (κ3) is 6.28. The van der Waals surface area contributed by atoms with Crippen LogP contribution in [0.1, 0.15) is 27.7 Å². The molecule has 15 heavy (non-hydrogen) atoms. The number of carbonyl (C=O) groups excluding carboxylic acids is 1. The number of alkyl halides is 1. The van der Waals surface area contributed by atoms with Gasteiger partial charge < -0.3 is 15.4 Å². The molecule has 0 rings (SSSR count). The molecule has 0 fully saturated rings. The zero-order valence-corrected chi connectivity index (χ0v) is 10.1. The van der Waals surface area contributed by atoms with Crippen LogP contribution in [0.25, 0.3) is 0 Å². The molecule has 5 heteroatoms. The average molecular weight is 220 g/mol. The van der Waals surface area contributed by atoms with Crippen molar-refractivity contribution in [1.82, 2.24) is 4.90 Å². The first kappa shape index (κ1) is 14.2. The summed E-state index contributed by atoms with van der Waals surface area (Å²) in [4.78, 5) is 12.6. The largest absolute Gasteiger partial charge is 0.444 e. The van der Waals surface area contributed by atoms with Crippen LogP contribution in [-0.2, 0) is 4.74 Å². The molecule has 0 heterocycles. The van der Waals surface area contributed by atoms with E-state index in [1.54, 1.807) is 27.7 Å². The first-order valence-corrected chi connectivity index (χ1v) is 4.97. The molecule has 4 nitrogen and oxygen atoms in total. The number of ether oxygens (including phenoxy) is 1. The van der Waals surface area contributed by atoms with E-state index in [9.17, 15) is 9.18 Å². The maximum Gasteiger partial charge on any atom is 0.410 e. The van der Waals surface area contributed by atoms with E-state index in [2.05, 4.69) is 0 Å². The van der Waals surface area contributed by atoms with Gasteiger partial charge in [0, 0.05) is 13.1 Å². The molecule has 0 aromatic heterocycles. The summed E-state index contributed by atoms with van der Waals surface area (Å²) in [5, 5.41) is 0. The molecule has 0 saturated carbocycles. The fraction of sp³-hybridized carbons (Fsp3) is 0.900. The summed E-state index contributed by atoms with van der Waals surface area (Å²) in [5.41, 5.74) is 4.79. The summed E-state index contributed by atoms with van der Waals surface area (Å²) in [7, 11) is 1.49. The van der Waals surface area contributed by atoms with Crippen LogP contribution in [0.15, 0.2) is 0 Å². The molecule has 0 radical (unpaired) electrons. The van der Waals surface area contributed by atoms with Gasteiger partial charge >= 0.3 is 6.09 Å². The lowest BCUT2D eigenvalue weighted by atomic mass is 10.2. The molecule has 0 aromatic rings. The van der Waals surface area contributed by atoms with E-state index in [4.69, 9.17) is 10.5 Å². The number of amides is 1. The van der Waals surface area contributed by atoms with E-state index < -0.39 is 23.9 Å². The van der Waals surface area contributed by atoms with Crippen molar-refractivity contribution in [3.8, 4) is 0 Å². The summed E-state index contributed by atoms with van der Waals surface area (Å²) >= 11 is 0. The number of rotatable bonds is 3. The minimum Gasteiger partial charge on any atom is -0.444 e. The minimum absolute atomic E-state index is 0.0490. The van der Waals surface area contributed by atoms with E-state index in [1.165, 1.54) is 11.9 Å². The standard InChI is InChI=1S/C10H21FN2O2/c1-7(12)8(11)6-13(5)9(14)15-10(2,3)4/h7-8H,6,12H2,1-5H3. The summed E-state index contributed by atoms with van der Waals surface area (Å²) in [6.07, 6.45) is -1.77. The SMILES string of the molecule is CC(N)C(F)CN(C)C(=O)OC(C)(C)C. The van der Waals surface area contributed by atoms with E-state index in [-0.39, 0.29) is 6.54 Å². The number of hydrogen-bond acceptors (Lipinski definition) is 3. The van der Waals surface area contributed by atoms with E-state index in [1.807, 2.05) is 0 Å². The Morgan fingerprint density at radius 2 is 2.00 bits per heavy atom. The van der Waals surface area contributed by atoms with Crippen molar-refractivity contribution in [2.75, 3.05) is 13.6 Å². The first-order valence-electron chi connectivity index (χ1n) is 4.97. The molecule has 1 amide bonds. The van der Waals surface area contributed by atoms with Crippen LogP contribution in [0.5, 0.6) is 0 Å². The van der Waals surface area contributed by atoms with Crippen LogP contribution in [-0.4, -0.2) is 42.4 Å². The van der Waals surface area contributed by atoms with Crippen molar-refractivity contribution in [2.24, 2.45) is 5.73 Å². The highest BCUT2D eigenvalue weighted by atomic mass is 19.1. The Kier molecular flexibility index (Phi) is 5.00. The van der Waals surface area contributed by atoms with Crippen molar-refractivity contribution < 1.29 is 13.9 Å². The highest BCUT2D eigenvalue weighted by molar-refractivity contribution is 5.67. The van der Waals surface area contributed by atoms with Gasteiger partial charge in [-0.2, -0.15) is 0 Å². The van der Waals surface area contributed by atoms with E-state index >= 15 is 0 Å². The topological polar surface area (TPSA) is 55.6 Å². The number of nitrogens with zero attached hydrogens (tertiary/aromatic N) is 1. The number of hydrogen-bond donors (Lipinski definition) is 1. The van der Waals surface area contributed by atoms with Gasteiger partial charge in [-0.25, -0.2) is 9.18 Å². The van der Waals surface area contributed by atoms with Crippen molar-refractivity contribution in [3.05, 3.63) is 0 Å². The van der Waals surface area contributed by atoms with Gasteiger partial charge in [-0.05, 0) is 27.7 Å². The Hall–Kier alpha value is -0.840. The number of nitrogens with two attached hydrogens (primary N) is 1. The van der Waals surface area contributed by atoms with Crippen molar-refractivity contribution in [1.29, 1.82) is 0 Å². The van der Waals surface area contributed by atoms with Gasteiger partial charge in [-0.3, -0.25) is 0 Å². The minimum atomic E-state index is -1.23. The molecule has 0 aliphatic heterocycles. The van der Waals surface area contributed by atoms with Gasteiger partial charge in [-0.15, -0.1) is 0 Å². The second-order valence-corrected chi connectivity index (χ2v) is 4.74. The number of carbonyl (C=O) groups is 1. The maximum absolute atomic E-state index is 13.2. The van der Waals surface area contributed by atoms with Crippen LogP contribution in [0.4, 0.5) is 9.18 Å². The monoisotopic (exact) mass is 220 g/mol. The van der Waals surface area contributed by atoms with Crippen LogP contribution in [0.2, 0.25) is 0 Å². The second-order valence-electron chi connectivity index (χ2n) is 4.74. The van der Waals surface area contributed by atoms with Crippen LogP contribution in [0.3, 0.4) is 0 Å². The number of halogens is 1. The Morgan fingerprint density at radius 3 is 2.33 bits per heavy atom. The van der Waals surface area contributed by atoms with Gasteiger partial charge in [0.15, 0.2) is 0 Å². The Balaban J connectivity index is 4.11. The zero-order chi connectivity index (χ0) is 12.2. The summed E-state index contributed by atoms with van der Waals surface area (Å²) < 4.78 is 18.3. The third-order valence-electron chi connectivity index (χ3n) is 1.72. The normalized spacial score (nSPS) is 15.7. The van der Waals surface area contributed by atoms with E-state index in [0.717, 1.165) is 0 Å². The van der Waals surface area contributed by atoms with Gasteiger partial charge in [-0.1, -0.05) is 0 Å². The van der Waals surface area contributed by atoms with Crippen LogP contribution < -0.4 is 5.73 Å². The second kappa shape index (κ2) is 5.30. The smallest absolute Gasteiger partial charge is 0.410 e. The molecule has 2 unspecified atom stereocenters. The molecular formula is C10H21FN2O2. The van der Waals surface area contributed by atoms with Crippen LogP contribution in [0, 0.1) is 0 Å². The van der Waals surface area contributed by atoms with Gasteiger partial charge in [0.05, 0.1) is 6.54 Å². The fourth-order valence-electron chi connectivity index (χ4n) is 0.842. The lowest BCUT2D eigenvalue weighted by molar-refractivity contribution is 0.0251. The van der Waals surface area contributed by atoms with Crippen molar-refractivity contribution in [2.45, 2.75) is 45.5 Å². The Labute approximate surface area is 90.6 Å². The van der Waals surface area contributed by atoms with Gasteiger partial charge in [0.2, 0.25) is 0 Å². The quantitative estimate of drug-likeness (QED) is 0.785. The molecule has 0 spiro atoms. The molecule has 0 aliphatic carbocycles. The predicted octanol–water partition coefficient (Wildman–Crippen LogP) is 1.54. The van der Waals surface area contributed by atoms with Gasteiger partial charge in [0.1, 0.15) is 11.8 Å². The molecule has 0 aliphatic rings. The summed E-state index contributed by atoms with van der Waals surface area (Å²) in [6.45, 7) is 6.80. The maximum atomic E-state index is 13.2. The lowest BCUT2D eigenvalue weighted by Gasteiger charge is -2.26. The highest BCUT2D eigenvalue weighted by Crippen LogP contribution is 2.10. The molecular weight excluding hydrogens is 199 g/mol. The predicted molar refractivity (Wildman–Crippen MR) is 57.4 cm³/mol. The lowest BCUT2D eigenvalue weighted by Crippen LogP contribution is -2.42. The molecule has 2 N–H and O–H groups in total. The summed E-state index contributed by atoms with van der Waals surface area (Å²) in [5.74, 6) is 0. The Bertz CT molecular complexity index is 214. The molecule has 2 atom stereocenters. The highest BCUT2D eigenvalue weighted by Gasteiger charge is 2.23. The van der Waals surface area contributed by atoms with Crippen LogP contribution >= 0.6 is 0 Å². The molecule has 90 valence electrons. The van der Waals surface area contributed by atoms with Gasteiger partial charge in [0.25, 0.3) is 0 Å². The Morgan fingerprint density at radius 1 is 1.53 bits per heavy atom. The summed E-state index contributed by atoms with van der Waals surface area (Å²) in [6, 6.07) is -0.588. The first-order chi connectivity index (χ1) is 6.63. The molecule has 0 aromatic carbocycles. The van der Waals surface area contributed by atoms with E-state index in [0.29, 0.717) is 0 Å². The molecule has 0 saturated heterocycles. The zero-order valence-electron chi connectivity index (χ0n) is 10.1. The third-order valence-corrected chi connectivity index (χ3v) is 1.72. The fourth-order valence-corrected chi connectivity index (χ4v) is 0.842.